The zero-order valence-electron chi connectivity index (χ0n) is 8.95. The first-order valence-corrected chi connectivity index (χ1v) is 5.00. The number of aromatic nitrogens is 2. The van der Waals surface area contributed by atoms with Gasteiger partial charge in [-0.3, -0.25) is 9.48 Å². The first-order valence-electron chi connectivity index (χ1n) is 5.00. The second-order valence-electron chi connectivity index (χ2n) is 3.24. The minimum atomic E-state index is -0.00440. The topological polar surface area (TPSA) is 46.9 Å². The summed E-state index contributed by atoms with van der Waals surface area (Å²) in [4.78, 5) is 11.1. The molecule has 4 nitrogen and oxygen atoms in total. The van der Waals surface area contributed by atoms with Gasteiger partial charge in [0.15, 0.2) is 0 Å². The standard InChI is InChI=1S/C10H17N3O/c1-4-10(14)11-8(3)9-6-7-13(5-2)12-9/h6-8H,4-5H2,1-3H3,(H,11,14). The fourth-order valence-electron chi connectivity index (χ4n) is 1.20. The normalized spacial score (nSPS) is 12.5. The van der Waals surface area contributed by atoms with Crippen LogP contribution in [0, 0.1) is 0 Å². The van der Waals surface area contributed by atoms with E-state index in [2.05, 4.69) is 10.4 Å². The maximum absolute atomic E-state index is 11.1. The van der Waals surface area contributed by atoms with Gasteiger partial charge in [0.2, 0.25) is 5.91 Å². The number of hydrogen-bond acceptors (Lipinski definition) is 2. The Hall–Kier alpha value is -1.32. The Bertz CT molecular complexity index is 306. The Morgan fingerprint density at radius 2 is 2.36 bits per heavy atom. The lowest BCUT2D eigenvalue weighted by Gasteiger charge is -2.10. The molecular weight excluding hydrogens is 178 g/mol. The third kappa shape index (κ3) is 2.58. The molecule has 0 saturated carbocycles. The van der Waals surface area contributed by atoms with Crippen molar-refractivity contribution in [1.29, 1.82) is 0 Å². The van der Waals surface area contributed by atoms with Gasteiger partial charge in [0, 0.05) is 19.2 Å². The summed E-state index contributed by atoms with van der Waals surface area (Å²) in [5, 5.41) is 7.19. The predicted molar refractivity (Wildman–Crippen MR) is 54.7 cm³/mol. The minimum absolute atomic E-state index is 0.00440. The van der Waals surface area contributed by atoms with Crippen LogP contribution in [0.3, 0.4) is 0 Å². The minimum Gasteiger partial charge on any atom is -0.348 e. The molecule has 1 atom stereocenters. The highest BCUT2D eigenvalue weighted by Gasteiger charge is 2.10. The van der Waals surface area contributed by atoms with Gasteiger partial charge < -0.3 is 5.32 Å². The van der Waals surface area contributed by atoms with Crippen LogP contribution in [0.5, 0.6) is 0 Å². The SMILES string of the molecule is CCC(=O)NC(C)c1ccn(CC)n1. The van der Waals surface area contributed by atoms with Crippen LogP contribution in [0.15, 0.2) is 12.3 Å². The molecule has 78 valence electrons. The smallest absolute Gasteiger partial charge is 0.220 e. The van der Waals surface area contributed by atoms with Crippen molar-refractivity contribution in [3.8, 4) is 0 Å². The van der Waals surface area contributed by atoms with Crippen LogP contribution in [0.25, 0.3) is 0 Å². The highest BCUT2D eigenvalue weighted by atomic mass is 16.1. The van der Waals surface area contributed by atoms with Crippen LogP contribution in [-0.2, 0) is 11.3 Å². The van der Waals surface area contributed by atoms with Gasteiger partial charge in [-0.15, -0.1) is 0 Å². The molecule has 0 aliphatic carbocycles. The molecule has 1 aromatic heterocycles. The summed E-state index contributed by atoms with van der Waals surface area (Å²) >= 11 is 0. The molecule has 0 fully saturated rings. The summed E-state index contributed by atoms with van der Waals surface area (Å²) in [6.07, 6.45) is 2.43. The maximum atomic E-state index is 11.1. The van der Waals surface area contributed by atoms with Gasteiger partial charge in [0.05, 0.1) is 11.7 Å². The van der Waals surface area contributed by atoms with Crippen molar-refractivity contribution < 1.29 is 4.79 Å². The molecule has 0 radical (unpaired) electrons. The van der Waals surface area contributed by atoms with Gasteiger partial charge in [0.25, 0.3) is 0 Å². The van der Waals surface area contributed by atoms with Crippen molar-refractivity contribution in [2.45, 2.75) is 39.8 Å². The number of nitrogens with zero attached hydrogens (tertiary/aromatic N) is 2. The molecule has 1 amide bonds. The van der Waals surface area contributed by atoms with E-state index in [9.17, 15) is 4.79 Å². The average molecular weight is 195 g/mol. The van der Waals surface area contributed by atoms with Crippen LogP contribution >= 0.6 is 0 Å². The van der Waals surface area contributed by atoms with E-state index in [4.69, 9.17) is 0 Å². The van der Waals surface area contributed by atoms with Gasteiger partial charge in [-0.1, -0.05) is 6.92 Å². The summed E-state index contributed by atoms with van der Waals surface area (Å²) < 4.78 is 1.85. The summed E-state index contributed by atoms with van der Waals surface area (Å²) in [7, 11) is 0. The Kier molecular flexibility index (Phi) is 3.68. The largest absolute Gasteiger partial charge is 0.348 e. The summed E-state index contributed by atoms with van der Waals surface area (Å²) in [6.45, 7) is 6.67. The molecule has 1 N–H and O–H groups in total. The van der Waals surface area contributed by atoms with Crippen LogP contribution in [-0.4, -0.2) is 15.7 Å². The van der Waals surface area contributed by atoms with Gasteiger partial charge in [-0.25, -0.2) is 0 Å². The van der Waals surface area contributed by atoms with Crippen LogP contribution in [0.2, 0.25) is 0 Å². The molecule has 1 rings (SSSR count). The maximum Gasteiger partial charge on any atom is 0.220 e. The molecule has 0 aliphatic rings. The van der Waals surface area contributed by atoms with Crippen molar-refractivity contribution >= 4 is 5.91 Å². The van der Waals surface area contributed by atoms with E-state index in [0.29, 0.717) is 6.42 Å². The van der Waals surface area contributed by atoms with E-state index >= 15 is 0 Å². The monoisotopic (exact) mass is 195 g/mol. The van der Waals surface area contributed by atoms with Crippen molar-refractivity contribution in [3.05, 3.63) is 18.0 Å². The third-order valence-electron chi connectivity index (χ3n) is 2.13. The van der Waals surface area contributed by atoms with Crippen molar-refractivity contribution in [2.24, 2.45) is 0 Å². The molecule has 0 aliphatic heterocycles. The molecule has 14 heavy (non-hydrogen) atoms. The van der Waals surface area contributed by atoms with Crippen molar-refractivity contribution in [2.75, 3.05) is 0 Å². The van der Waals surface area contributed by atoms with E-state index in [1.807, 2.05) is 37.7 Å². The average Bonchev–Trinajstić information content (AvgIpc) is 2.65. The molecule has 1 aromatic rings. The highest BCUT2D eigenvalue weighted by Crippen LogP contribution is 2.08. The summed E-state index contributed by atoms with van der Waals surface area (Å²) in [5.74, 6) is 0.0588. The number of hydrogen-bond donors (Lipinski definition) is 1. The Morgan fingerprint density at radius 1 is 1.64 bits per heavy atom. The van der Waals surface area contributed by atoms with E-state index in [1.54, 1.807) is 0 Å². The second kappa shape index (κ2) is 4.79. The molecular formula is C10H17N3O. The lowest BCUT2D eigenvalue weighted by Crippen LogP contribution is -2.26. The summed E-state index contributed by atoms with van der Waals surface area (Å²) in [6, 6.07) is 1.93. The quantitative estimate of drug-likeness (QED) is 0.791. The Balaban J connectivity index is 2.60. The fourth-order valence-corrected chi connectivity index (χ4v) is 1.20. The zero-order valence-corrected chi connectivity index (χ0v) is 8.95. The molecule has 4 heteroatoms. The van der Waals surface area contributed by atoms with Gasteiger partial charge in [-0.2, -0.15) is 5.10 Å². The lowest BCUT2D eigenvalue weighted by atomic mass is 10.2. The number of nitrogens with one attached hydrogen (secondary N) is 1. The molecule has 0 bridgehead atoms. The molecule has 1 unspecified atom stereocenters. The Morgan fingerprint density at radius 3 is 2.86 bits per heavy atom. The molecule has 0 saturated heterocycles. The predicted octanol–water partition coefficient (Wildman–Crippen LogP) is 1.49. The second-order valence-corrected chi connectivity index (χ2v) is 3.24. The van der Waals surface area contributed by atoms with Crippen molar-refractivity contribution in [1.82, 2.24) is 15.1 Å². The third-order valence-corrected chi connectivity index (χ3v) is 2.13. The van der Waals surface area contributed by atoms with Gasteiger partial charge in [-0.05, 0) is 19.9 Å². The number of aryl methyl sites for hydroxylation is 1. The van der Waals surface area contributed by atoms with Crippen molar-refractivity contribution in [3.63, 3.8) is 0 Å². The number of amides is 1. The van der Waals surface area contributed by atoms with E-state index in [0.717, 1.165) is 12.2 Å². The van der Waals surface area contributed by atoms with Crippen LogP contribution < -0.4 is 5.32 Å². The summed E-state index contributed by atoms with van der Waals surface area (Å²) in [5.41, 5.74) is 0.911. The number of carbonyl (C=O) groups is 1. The lowest BCUT2D eigenvalue weighted by molar-refractivity contribution is -0.121. The van der Waals surface area contributed by atoms with Crippen LogP contribution in [0.1, 0.15) is 38.9 Å². The molecule has 0 aromatic carbocycles. The Labute approximate surface area is 84.3 Å². The molecule has 1 heterocycles. The number of rotatable bonds is 4. The fraction of sp³-hybridized carbons (Fsp3) is 0.600. The van der Waals surface area contributed by atoms with E-state index < -0.39 is 0 Å². The van der Waals surface area contributed by atoms with Gasteiger partial charge >= 0.3 is 0 Å². The first-order chi connectivity index (χ1) is 6.67. The van der Waals surface area contributed by atoms with E-state index in [1.165, 1.54) is 0 Å². The van der Waals surface area contributed by atoms with E-state index in [-0.39, 0.29) is 11.9 Å². The first kappa shape index (κ1) is 10.8. The number of carbonyl (C=O) groups excluding carboxylic acids is 1. The molecule has 0 spiro atoms. The zero-order chi connectivity index (χ0) is 10.6. The van der Waals surface area contributed by atoms with Crippen LogP contribution in [0.4, 0.5) is 0 Å². The van der Waals surface area contributed by atoms with Gasteiger partial charge in [0.1, 0.15) is 0 Å². The highest BCUT2D eigenvalue weighted by molar-refractivity contribution is 5.75.